The molecule has 0 aliphatic heterocycles. The Labute approximate surface area is 142 Å². The molecule has 1 N–H and O–H groups in total. The fourth-order valence-electron chi connectivity index (χ4n) is 2.12. The van der Waals surface area contributed by atoms with Crippen molar-refractivity contribution in [2.45, 2.75) is 19.4 Å². The number of halogens is 4. The fraction of sp³-hybridized carbons (Fsp3) is 0.250. The van der Waals surface area contributed by atoms with E-state index >= 15 is 0 Å². The van der Waals surface area contributed by atoms with Crippen LogP contribution in [0.4, 0.5) is 4.39 Å². The zero-order valence-electron chi connectivity index (χ0n) is 11.5. The van der Waals surface area contributed by atoms with Crippen molar-refractivity contribution in [3.63, 3.8) is 0 Å². The van der Waals surface area contributed by atoms with Gasteiger partial charge in [-0.3, -0.25) is 0 Å². The van der Waals surface area contributed by atoms with E-state index in [0.29, 0.717) is 10.0 Å². The van der Waals surface area contributed by atoms with E-state index in [2.05, 4.69) is 28.2 Å². The number of nitrogens with one attached hydrogen (secondary N) is 1. The molecule has 2 aromatic rings. The maximum atomic E-state index is 13.6. The summed E-state index contributed by atoms with van der Waals surface area (Å²) in [5.41, 5.74) is 1.78. The van der Waals surface area contributed by atoms with Crippen LogP contribution >= 0.6 is 39.1 Å². The predicted molar refractivity (Wildman–Crippen MR) is 90.7 cm³/mol. The Morgan fingerprint density at radius 2 is 1.90 bits per heavy atom. The van der Waals surface area contributed by atoms with Crippen LogP contribution in [0.15, 0.2) is 40.9 Å². The van der Waals surface area contributed by atoms with Crippen molar-refractivity contribution >= 4 is 39.1 Å². The quantitative estimate of drug-likeness (QED) is 0.661. The highest BCUT2D eigenvalue weighted by Gasteiger charge is 2.18. The average Bonchev–Trinajstić information content (AvgIpc) is 2.46. The molecular formula is C16H15BrCl2FN. The number of hydrogen-bond acceptors (Lipinski definition) is 1. The van der Waals surface area contributed by atoms with Crippen LogP contribution < -0.4 is 5.32 Å². The minimum absolute atomic E-state index is 0.148. The first-order valence-corrected chi connectivity index (χ1v) is 8.21. The van der Waals surface area contributed by atoms with Gasteiger partial charge in [-0.15, -0.1) is 0 Å². The van der Waals surface area contributed by atoms with Gasteiger partial charge < -0.3 is 5.32 Å². The summed E-state index contributed by atoms with van der Waals surface area (Å²) in [5, 5.41) is 4.42. The van der Waals surface area contributed by atoms with Crippen molar-refractivity contribution in [2.24, 2.45) is 0 Å². The van der Waals surface area contributed by atoms with Crippen LogP contribution in [0.25, 0.3) is 0 Å². The molecule has 0 aliphatic rings. The van der Waals surface area contributed by atoms with E-state index in [0.717, 1.165) is 28.6 Å². The summed E-state index contributed by atoms with van der Waals surface area (Å²) in [7, 11) is 0. The molecule has 2 aromatic carbocycles. The Morgan fingerprint density at radius 3 is 2.57 bits per heavy atom. The van der Waals surface area contributed by atoms with Crippen molar-refractivity contribution < 1.29 is 4.39 Å². The first kappa shape index (κ1) is 16.8. The summed E-state index contributed by atoms with van der Waals surface area (Å²) in [4.78, 5) is 0. The lowest BCUT2D eigenvalue weighted by molar-refractivity contribution is 0.583. The Bertz CT molecular complexity index is 634. The molecule has 21 heavy (non-hydrogen) atoms. The Hall–Kier alpha value is -0.610. The zero-order chi connectivity index (χ0) is 15.4. The number of hydrogen-bond donors (Lipinski definition) is 1. The highest BCUT2D eigenvalue weighted by atomic mass is 79.9. The van der Waals surface area contributed by atoms with E-state index in [1.165, 1.54) is 12.1 Å². The van der Waals surface area contributed by atoms with Gasteiger partial charge in [-0.25, -0.2) is 4.39 Å². The van der Waals surface area contributed by atoms with Crippen molar-refractivity contribution in [3.8, 4) is 0 Å². The van der Waals surface area contributed by atoms with Gasteiger partial charge in [0, 0.05) is 4.47 Å². The molecule has 0 bridgehead atoms. The van der Waals surface area contributed by atoms with E-state index < -0.39 is 0 Å². The fourth-order valence-corrected chi connectivity index (χ4v) is 2.91. The molecule has 1 unspecified atom stereocenters. The molecule has 1 nitrogen and oxygen atoms in total. The Morgan fingerprint density at radius 1 is 1.14 bits per heavy atom. The monoisotopic (exact) mass is 389 g/mol. The molecule has 0 saturated heterocycles. The second-order valence-corrected chi connectivity index (χ2v) is 6.40. The van der Waals surface area contributed by atoms with Crippen molar-refractivity contribution in [1.29, 1.82) is 0 Å². The minimum Gasteiger partial charge on any atom is -0.306 e. The molecular weight excluding hydrogens is 376 g/mol. The van der Waals surface area contributed by atoms with Gasteiger partial charge in [0.25, 0.3) is 0 Å². The van der Waals surface area contributed by atoms with Gasteiger partial charge in [-0.2, -0.15) is 0 Å². The Balaban J connectivity index is 2.46. The predicted octanol–water partition coefficient (Wildman–Crippen LogP) is 5.98. The average molecular weight is 391 g/mol. The highest BCUT2D eigenvalue weighted by molar-refractivity contribution is 9.10. The van der Waals surface area contributed by atoms with Gasteiger partial charge in [-0.05, 0) is 54.4 Å². The molecule has 0 amide bonds. The maximum Gasteiger partial charge on any atom is 0.123 e. The standard InChI is InChI=1S/C16H15BrCl2FN/c1-2-7-21-16(10-3-6-14(18)15(19)8-10)12-9-11(20)4-5-13(12)17/h3-6,8-9,16,21H,2,7H2,1H3. The van der Waals surface area contributed by atoms with Gasteiger partial charge >= 0.3 is 0 Å². The molecule has 2 rings (SSSR count). The van der Waals surface area contributed by atoms with Gasteiger partial charge in [-0.1, -0.05) is 52.1 Å². The molecule has 112 valence electrons. The summed E-state index contributed by atoms with van der Waals surface area (Å²) in [5.74, 6) is -0.267. The third-order valence-electron chi connectivity index (χ3n) is 3.14. The van der Waals surface area contributed by atoms with E-state index in [1.807, 2.05) is 12.1 Å². The normalized spacial score (nSPS) is 12.4. The van der Waals surface area contributed by atoms with Crippen LogP contribution in [0.2, 0.25) is 10.0 Å². The second kappa shape index (κ2) is 7.59. The van der Waals surface area contributed by atoms with Crippen molar-refractivity contribution in [2.75, 3.05) is 6.54 Å². The van der Waals surface area contributed by atoms with Crippen molar-refractivity contribution in [1.82, 2.24) is 5.32 Å². The maximum absolute atomic E-state index is 13.6. The topological polar surface area (TPSA) is 12.0 Å². The van der Waals surface area contributed by atoms with Crippen LogP contribution in [0.5, 0.6) is 0 Å². The molecule has 0 aliphatic carbocycles. The second-order valence-electron chi connectivity index (χ2n) is 4.73. The van der Waals surface area contributed by atoms with Crippen LogP contribution in [0, 0.1) is 5.82 Å². The van der Waals surface area contributed by atoms with E-state index in [9.17, 15) is 4.39 Å². The lowest BCUT2D eigenvalue weighted by Crippen LogP contribution is -2.23. The van der Waals surface area contributed by atoms with E-state index in [4.69, 9.17) is 23.2 Å². The van der Waals surface area contributed by atoms with Crippen LogP contribution in [0.1, 0.15) is 30.5 Å². The summed E-state index contributed by atoms with van der Waals surface area (Å²) in [6.07, 6.45) is 0.977. The molecule has 0 heterocycles. The molecule has 0 radical (unpaired) electrons. The zero-order valence-corrected chi connectivity index (χ0v) is 14.6. The molecule has 5 heteroatoms. The van der Waals surface area contributed by atoms with Gasteiger partial charge in [0.05, 0.1) is 16.1 Å². The SMILES string of the molecule is CCCNC(c1ccc(Cl)c(Cl)c1)c1cc(F)ccc1Br. The highest BCUT2D eigenvalue weighted by Crippen LogP contribution is 2.32. The minimum atomic E-state index is -0.267. The first-order chi connectivity index (χ1) is 10.0. The largest absolute Gasteiger partial charge is 0.306 e. The summed E-state index contributed by atoms with van der Waals surface area (Å²) in [6, 6.07) is 9.99. The van der Waals surface area contributed by atoms with Crippen LogP contribution in [-0.4, -0.2) is 6.54 Å². The summed E-state index contributed by atoms with van der Waals surface area (Å²) >= 11 is 15.6. The molecule has 0 fully saturated rings. The van der Waals surface area contributed by atoms with Gasteiger partial charge in [0.2, 0.25) is 0 Å². The molecule has 0 aromatic heterocycles. The Kier molecular flexibility index (Phi) is 6.06. The molecule has 1 atom stereocenters. The first-order valence-electron chi connectivity index (χ1n) is 6.66. The third kappa shape index (κ3) is 4.19. The van der Waals surface area contributed by atoms with E-state index in [-0.39, 0.29) is 11.9 Å². The van der Waals surface area contributed by atoms with Crippen molar-refractivity contribution in [3.05, 3.63) is 67.9 Å². The number of benzene rings is 2. The third-order valence-corrected chi connectivity index (χ3v) is 4.61. The van der Waals surface area contributed by atoms with Crippen LogP contribution in [-0.2, 0) is 0 Å². The number of rotatable bonds is 5. The summed E-state index contributed by atoms with van der Waals surface area (Å²) < 4.78 is 14.4. The lowest BCUT2D eigenvalue weighted by atomic mass is 9.98. The summed E-state index contributed by atoms with van der Waals surface area (Å²) in [6.45, 7) is 2.90. The van der Waals surface area contributed by atoms with Crippen LogP contribution in [0.3, 0.4) is 0 Å². The smallest absolute Gasteiger partial charge is 0.123 e. The lowest BCUT2D eigenvalue weighted by Gasteiger charge is -2.21. The van der Waals surface area contributed by atoms with Gasteiger partial charge in [0.1, 0.15) is 5.82 Å². The molecule has 0 spiro atoms. The van der Waals surface area contributed by atoms with E-state index in [1.54, 1.807) is 12.1 Å². The molecule has 0 saturated carbocycles. The van der Waals surface area contributed by atoms with Gasteiger partial charge in [0.15, 0.2) is 0 Å².